The summed E-state index contributed by atoms with van der Waals surface area (Å²) < 4.78 is 27.3. The summed E-state index contributed by atoms with van der Waals surface area (Å²) in [6, 6.07) is 7.20. The normalized spacial score (nSPS) is 12.5. The second kappa shape index (κ2) is 5.27. The highest BCUT2D eigenvalue weighted by Gasteiger charge is 2.19. The standard InChI is InChI=1S/C15H13ClF2O/c1-8-6-10(7-9(2)14(8)18)15(19)13-11(16)4-3-5-12(13)17/h3-7,15,19H,1-2H3. The minimum absolute atomic E-state index is 0.00887. The Hall–Kier alpha value is -1.45. The molecule has 1 N–H and O–H groups in total. The predicted octanol–water partition coefficient (Wildman–Crippen LogP) is 4.32. The first-order valence-corrected chi connectivity index (χ1v) is 6.18. The van der Waals surface area contributed by atoms with Gasteiger partial charge in [0.2, 0.25) is 0 Å². The average molecular weight is 283 g/mol. The van der Waals surface area contributed by atoms with Crippen molar-refractivity contribution in [3.8, 4) is 0 Å². The smallest absolute Gasteiger partial charge is 0.130 e. The molecule has 0 saturated carbocycles. The maximum atomic E-state index is 13.7. The van der Waals surface area contributed by atoms with E-state index in [4.69, 9.17) is 11.6 Å². The molecule has 0 aromatic heterocycles. The van der Waals surface area contributed by atoms with E-state index in [2.05, 4.69) is 0 Å². The first kappa shape index (κ1) is 14.0. The number of benzene rings is 2. The molecule has 0 aliphatic carbocycles. The van der Waals surface area contributed by atoms with Gasteiger partial charge in [-0.1, -0.05) is 29.8 Å². The van der Waals surface area contributed by atoms with E-state index >= 15 is 0 Å². The van der Waals surface area contributed by atoms with Crippen LogP contribution in [0, 0.1) is 25.5 Å². The third-order valence-electron chi connectivity index (χ3n) is 3.05. The molecular weight excluding hydrogens is 270 g/mol. The van der Waals surface area contributed by atoms with Crippen molar-refractivity contribution in [3.05, 3.63) is 69.2 Å². The summed E-state index contributed by atoms with van der Waals surface area (Å²) in [7, 11) is 0. The monoisotopic (exact) mass is 282 g/mol. The maximum Gasteiger partial charge on any atom is 0.130 e. The van der Waals surface area contributed by atoms with E-state index in [1.807, 2.05) is 0 Å². The largest absolute Gasteiger partial charge is 0.383 e. The summed E-state index contributed by atoms with van der Waals surface area (Å²) in [6.07, 6.45) is -1.22. The summed E-state index contributed by atoms with van der Waals surface area (Å²) >= 11 is 5.91. The van der Waals surface area contributed by atoms with Gasteiger partial charge in [-0.2, -0.15) is 0 Å². The van der Waals surface area contributed by atoms with Gasteiger partial charge in [-0.25, -0.2) is 8.78 Å². The first-order valence-electron chi connectivity index (χ1n) is 5.80. The third kappa shape index (κ3) is 2.62. The average Bonchev–Trinajstić information content (AvgIpc) is 2.35. The number of halogens is 3. The van der Waals surface area contributed by atoms with Crippen LogP contribution in [0.3, 0.4) is 0 Å². The van der Waals surface area contributed by atoms with Crippen LogP contribution in [0.15, 0.2) is 30.3 Å². The van der Waals surface area contributed by atoms with E-state index in [1.165, 1.54) is 30.3 Å². The van der Waals surface area contributed by atoms with Gasteiger partial charge in [0.05, 0.1) is 0 Å². The molecule has 0 radical (unpaired) electrons. The van der Waals surface area contributed by atoms with Crippen molar-refractivity contribution in [1.29, 1.82) is 0 Å². The highest BCUT2D eigenvalue weighted by Crippen LogP contribution is 2.31. The number of aliphatic hydroxyl groups excluding tert-OH is 1. The van der Waals surface area contributed by atoms with Crippen LogP contribution < -0.4 is 0 Å². The lowest BCUT2D eigenvalue weighted by molar-refractivity contribution is 0.215. The van der Waals surface area contributed by atoms with Crippen molar-refractivity contribution < 1.29 is 13.9 Å². The fourth-order valence-electron chi connectivity index (χ4n) is 2.08. The molecule has 1 nitrogen and oxygen atoms in total. The SMILES string of the molecule is Cc1cc(C(O)c2c(F)cccc2Cl)cc(C)c1F. The molecule has 0 saturated heterocycles. The first-order chi connectivity index (χ1) is 8.91. The van der Waals surface area contributed by atoms with Gasteiger partial charge >= 0.3 is 0 Å². The summed E-state index contributed by atoms with van der Waals surface area (Å²) in [5, 5.41) is 10.4. The quantitative estimate of drug-likeness (QED) is 0.870. The van der Waals surface area contributed by atoms with Gasteiger partial charge in [0.15, 0.2) is 0 Å². The Morgan fingerprint density at radius 3 is 2.21 bits per heavy atom. The Kier molecular flexibility index (Phi) is 3.88. The van der Waals surface area contributed by atoms with Crippen molar-refractivity contribution in [2.24, 2.45) is 0 Å². The van der Waals surface area contributed by atoms with Crippen LogP contribution in [-0.4, -0.2) is 5.11 Å². The van der Waals surface area contributed by atoms with E-state index in [0.717, 1.165) is 0 Å². The third-order valence-corrected chi connectivity index (χ3v) is 3.38. The highest BCUT2D eigenvalue weighted by atomic mass is 35.5. The van der Waals surface area contributed by atoms with E-state index in [-0.39, 0.29) is 16.4 Å². The molecule has 0 fully saturated rings. The molecule has 2 aromatic rings. The molecule has 2 rings (SSSR count). The van der Waals surface area contributed by atoms with Crippen molar-refractivity contribution in [3.63, 3.8) is 0 Å². The second-order valence-corrected chi connectivity index (χ2v) is 4.91. The lowest BCUT2D eigenvalue weighted by atomic mass is 9.97. The summed E-state index contributed by atoms with van der Waals surface area (Å²) in [6.45, 7) is 3.20. The Balaban J connectivity index is 2.53. The second-order valence-electron chi connectivity index (χ2n) is 4.51. The lowest BCUT2D eigenvalue weighted by Gasteiger charge is -2.16. The van der Waals surface area contributed by atoms with Gasteiger partial charge in [-0.05, 0) is 42.7 Å². The Morgan fingerprint density at radius 1 is 1.11 bits per heavy atom. The highest BCUT2D eigenvalue weighted by molar-refractivity contribution is 6.31. The van der Waals surface area contributed by atoms with E-state index in [1.54, 1.807) is 13.8 Å². The molecule has 0 spiro atoms. The molecule has 0 heterocycles. The van der Waals surface area contributed by atoms with Crippen molar-refractivity contribution in [2.75, 3.05) is 0 Å². The van der Waals surface area contributed by atoms with Crippen LogP contribution in [0.1, 0.15) is 28.4 Å². The minimum Gasteiger partial charge on any atom is -0.383 e. The fourth-order valence-corrected chi connectivity index (χ4v) is 2.34. The topological polar surface area (TPSA) is 20.2 Å². The van der Waals surface area contributed by atoms with Crippen LogP contribution in [0.5, 0.6) is 0 Å². The lowest BCUT2D eigenvalue weighted by Crippen LogP contribution is -2.05. The molecule has 100 valence electrons. The number of hydrogen-bond acceptors (Lipinski definition) is 1. The molecule has 0 amide bonds. The van der Waals surface area contributed by atoms with E-state index in [0.29, 0.717) is 16.7 Å². The van der Waals surface area contributed by atoms with Gasteiger partial charge in [-0.3, -0.25) is 0 Å². The molecule has 0 aliphatic heterocycles. The summed E-state index contributed by atoms with van der Waals surface area (Å²) in [5.74, 6) is -0.907. The molecule has 19 heavy (non-hydrogen) atoms. The summed E-state index contributed by atoms with van der Waals surface area (Å²) in [4.78, 5) is 0. The van der Waals surface area contributed by atoms with Crippen LogP contribution in [0.25, 0.3) is 0 Å². The van der Waals surface area contributed by atoms with Crippen LogP contribution in [0.2, 0.25) is 5.02 Å². The molecule has 1 atom stereocenters. The maximum absolute atomic E-state index is 13.7. The number of aryl methyl sites for hydroxylation is 2. The number of hydrogen-bond donors (Lipinski definition) is 1. The Labute approximate surface area is 115 Å². The Bertz CT molecular complexity index is 582. The Morgan fingerprint density at radius 2 is 1.68 bits per heavy atom. The van der Waals surface area contributed by atoms with Gasteiger partial charge < -0.3 is 5.11 Å². The van der Waals surface area contributed by atoms with Crippen LogP contribution in [0.4, 0.5) is 8.78 Å². The van der Waals surface area contributed by atoms with Gasteiger partial charge in [0.1, 0.15) is 17.7 Å². The minimum atomic E-state index is -1.22. The zero-order valence-corrected chi connectivity index (χ0v) is 11.3. The molecular formula is C15H13ClF2O. The van der Waals surface area contributed by atoms with E-state index < -0.39 is 11.9 Å². The number of aliphatic hydroxyl groups is 1. The van der Waals surface area contributed by atoms with Crippen LogP contribution in [-0.2, 0) is 0 Å². The molecule has 2 aromatic carbocycles. The van der Waals surface area contributed by atoms with Crippen LogP contribution >= 0.6 is 11.6 Å². The van der Waals surface area contributed by atoms with Gasteiger partial charge in [0.25, 0.3) is 0 Å². The zero-order chi connectivity index (χ0) is 14.2. The molecule has 1 unspecified atom stereocenters. The predicted molar refractivity (Wildman–Crippen MR) is 71.3 cm³/mol. The van der Waals surface area contributed by atoms with Gasteiger partial charge in [-0.15, -0.1) is 0 Å². The fraction of sp³-hybridized carbons (Fsp3) is 0.200. The molecule has 4 heteroatoms. The van der Waals surface area contributed by atoms with Crippen molar-refractivity contribution in [2.45, 2.75) is 20.0 Å². The summed E-state index contributed by atoms with van der Waals surface area (Å²) in [5.41, 5.74) is 1.24. The molecule has 0 aliphatic rings. The number of rotatable bonds is 2. The zero-order valence-electron chi connectivity index (χ0n) is 10.5. The van der Waals surface area contributed by atoms with Crippen molar-refractivity contribution >= 4 is 11.6 Å². The van der Waals surface area contributed by atoms with Crippen molar-refractivity contribution in [1.82, 2.24) is 0 Å². The van der Waals surface area contributed by atoms with Gasteiger partial charge in [0, 0.05) is 10.6 Å². The van der Waals surface area contributed by atoms with E-state index in [9.17, 15) is 13.9 Å². The molecule has 0 bridgehead atoms.